The number of benzene rings is 2. The first kappa shape index (κ1) is 15.3. The summed E-state index contributed by atoms with van der Waals surface area (Å²) < 4.78 is 13.6. The molecule has 0 aliphatic heterocycles. The lowest BCUT2D eigenvalue weighted by molar-refractivity contribution is -0.117. The molecule has 0 heterocycles. The Morgan fingerprint density at radius 3 is 2.35 bits per heavy atom. The minimum atomic E-state index is -0.472. The van der Waals surface area contributed by atoms with Gasteiger partial charge in [0.1, 0.15) is 11.6 Å². The van der Waals surface area contributed by atoms with E-state index in [2.05, 4.69) is 0 Å². The Labute approximate surface area is 131 Å². The molecule has 2 aromatic rings. The molecule has 2 aromatic carbocycles. The molecule has 0 amide bonds. The Hall–Kier alpha value is -1.09. The van der Waals surface area contributed by atoms with Gasteiger partial charge >= 0.3 is 0 Å². The van der Waals surface area contributed by atoms with Crippen LogP contribution in [0.25, 0.3) is 0 Å². The fourth-order valence-corrected chi connectivity index (χ4v) is 2.30. The van der Waals surface area contributed by atoms with Crippen molar-refractivity contribution in [3.63, 3.8) is 0 Å². The van der Waals surface area contributed by atoms with Crippen LogP contribution in [0.15, 0.2) is 36.4 Å². The molecule has 0 bridgehead atoms. The second-order valence-electron chi connectivity index (χ2n) is 4.38. The lowest BCUT2D eigenvalue weighted by atomic mass is 10.0. The van der Waals surface area contributed by atoms with E-state index in [4.69, 9.17) is 34.8 Å². The zero-order chi connectivity index (χ0) is 14.7. The average Bonchev–Trinajstić information content (AvgIpc) is 2.37. The topological polar surface area (TPSA) is 17.1 Å². The third-order valence-electron chi connectivity index (χ3n) is 2.79. The highest BCUT2D eigenvalue weighted by Gasteiger charge is 2.10. The lowest BCUT2D eigenvalue weighted by Crippen LogP contribution is -2.08. The van der Waals surface area contributed by atoms with Gasteiger partial charge < -0.3 is 0 Å². The molecular weight excluding hydrogens is 322 g/mol. The van der Waals surface area contributed by atoms with Crippen molar-refractivity contribution in [2.24, 2.45) is 0 Å². The molecule has 0 aliphatic rings. The summed E-state index contributed by atoms with van der Waals surface area (Å²) in [5.74, 6) is -0.579. The molecule has 0 fully saturated rings. The van der Waals surface area contributed by atoms with Gasteiger partial charge in [0.15, 0.2) is 0 Å². The van der Waals surface area contributed by atoms with Crippen molar-refractivity contribution >= 4 is 40.6 Å². The van der Waals surface area contributed by atoms with E-state index in [-0.39, 0.29) is 18.6 Å². The maximum absolute atomic E-state index is 13.6. The fourth-order valence-electron chi connectivity index (χ4n) is 1.82. The number of rotatable bonds is 4. The molecule has 5 heteroatoms. The summed E-state index contributed by atoms with van der Waals surface area (Å²) in [7, 11) is 0. The van der Waals surface area contributed by atoms with E-state index in [0.29, 0.717) is 20.6 Å². The second-order valence-corrected chi connectivity index (χ2v) is 5.63. The summed E-state index contributed by atoms with van der Waals surface area (Å²) in [6, 6.07) is 9.28. The zero-order valence-electron chi connectivity index (χ0n) is 10.3. The van der Waals surface area contributed by atoms with Crippen LogP contribution >= 0.6 is 34.8 Å². The fraction of sp³-hybridized carbons (Fsp3) is 0.133. The molecular formula is C15H10Cl3FO. The molecule has 0 radical (unpaired) electrons. The number of halogens is 4. The maximum Gasteiger partial charge on any atom is 0.141 e. The van der Waals surface area contributed by atoms with Crippen LogP contribution in [0, 0.1) is 5.82 Å². The highest BCUT2D eigenvalue weighted by Crippen LogP contribution is 2.23. The standard InChI is InChI=1S/C15H10Cl3FO/c16-11-3-2-10(15(19)8-11)7-12(20)5-9-1-4-13(17)14(18)6-9/h1-4,6,8H,5,7H2. The van der Waals surface area contributed by atoms with Gasteiger partial charge in [-0.25, -0.2) is 4.39 Å². The van der Waals surface area contributed by atoms with Gasteiger partial charge in [-0.2, -0.15) is 0 Å². The van der Waals surface area contributed by atoms with E-state index in [1.807, 2.05) is 0 Å². The van der Waals surface area contributed by atoms with Gasteiger partial charge in [-0.05, 0) is 35.4 Å². The maximum atomic E-state index is 13.6. The molecule has 2 rings (SSSR count). The number of hydrogen-bond donors (Lipinski definition) is 0. The predicted octanol–water partition coefficient (Wildman–Crippen LogP) is 5.14. The van der Waals surface area contributed by atoms with Crippen LogP contribution in [0.1, 0.15) is 11.1 Å². The highest BCUT2D eigenvalue weighted by molar-refractivity contribution is 6.42. The molecule has 0 spiro atoms. The van der Waals surface area contributed by atoms with Gasteiger partial charge in [0.25, 0.3) is 0 Å². The molecule has 0 N–H and O–H groups in total. The van der Waals surface area contributed by atoms with Crippen molar-refractivity contribution < 1.29 is 9.18 Å². The van der Waals surface area contributed by atoms with Gasteiger partial charge in [-0.3, -0.25) is 4.79 Å². The molecule has 0 saturated heterocycles. The second kappa shape index (κ2) is 6.57. The predicted molar refractivity (Wildman–Crippen MR) is 80.3 cm³/mol. The lowest BCUT2D eigenvalue weighted by Gasteiger charge is -2.05. The van der Waals surface area contributed by atoms with Gasteiger partial charge in [-0.15, -0.1) is 0 Å². The molecule has 0 unspecified atom stereocenters. The van der Waals surface area contributed by atoms with E-state index in [1.165, 1.54) is 12.1 Å². The van der Waals surface area contributed by atoms with Crippen molar-refractivity contribution in [2.45, 2.75) is 12.8 Å². The Morgan fingerprint density at radius 2 is 1.70 bits per heavy atom. The van der Waals surface area contributed by atoms with Crippen molar-refractivity contribution in [3.8, 4) is 0 Å². The minimum absolute atomic E-state index is 0.0171. The third-order valence-corrected chi connectivity index (χ3v) is 3.76. The largest absolute Gasteiger partial charge is 0.299 e. The van der Waals surface area contributed by atoms with Crippen LogP contribution < -0.4 is 0 Å². The summed E-state index contributed by atoms with van der Waals surface area (Å²) in [4.78, 5) is 11.9. The van der Waals surface area contributed by atoms with Crippen LogP contribution in [-0.4, -0.2) is 5.78 Å². The van der Waals surface area contributed by atoms with Gasteiger partial charge in [0.2, 0.25) is 0 Å². The van der Waals surface area contributed by atoms with E-state index < -0.39 is 5.82 Å². The first-order valence-electron chi connectivity index (χ1n) is 5.85. The third kappa shape index (κ3) is 3.95. The van der Waals surface area contributed by atoms with Crippen molar-refractivity contribution in [3.05, 3.63) is 68.4 Å². The van der Waals surface area contributed by atoms with Crippen LogP contribution in [0.2, 0.25) is 15.1 Å². The van der Waals surface area contributed by atoms with Crippen molar-refractivity contribution in [1.29, 1.82) is 0 Å². The van der Waals surface area contributed by atoms with Crippen LogP contribution in [0.3, 0.4) is 0 Å². The molecule has 1 nitrogen and oxygen atoms in total. The number of ketones is 1. The minimum Gasteiger partial charge on any atom is -0.299 e. The summed E-state index contributed by atoms with van der Waals surface area (Å²) in [6.07, 6.45) is 0.197. The van der Waals surface area contributed by atoms with Gasteiger partial charge in [-0.1, -0.05) is 46.9 Å². The van der Waals surface area contributed by atoms with E-state index in [9.17, 15) is 9.18 Å². The normalized spacial score (nSPS) is 10.6. The SMILES string of the molecule is O=C(Cc1ccc(Cl)c(Cl)c1)Cc1ccc(Cl)cc1F. The average molecular weight is 332 g/mol. The monoisotopic (exact) mass is 330 g/mol. The first-order chi connectivity index (χ1) is 9.45. The van der Waals surface area contributed by atoms with Crippen molar-refractivity contribution in [2.75, 3.05) is 0 Å². The van der Waals surface area contributed by atoms with E-state index >= 15 is 0 Å². The first-order valence-corrected chi connectivity index (χ1v) is 6.98. The van der Waals surface area contributed by atoms with E-state index in [1.54, 1.807) is 24.3 Å². The summed E-state index contributed by atoms with van der Waals surface area (Å²) in [5.41, 5.74) is 1.08. The molecule has 0 saturated carbocycles. The molecule has 104 valence electrons. The van der Waals surface area contributed by atoms with Crippen LogP contribution in [0.4, 0.5) is 4.39 Å². The van der Waals surface area contributed by atoms with Gasteiger partial charge in [0, 0.05) is 17.9 Å². The number of carbonyl (C=O) groups excluding carboxylic acids is 1. The number of hydrogen-bond acceptors (Lipinski definition) is 1. The molecule has 20 heavy (non-hydrogen) atoms. The summed E-state index contributed by atoms with van der Waals surface area (Å²) in [5, 5.41) is 1.14. The molecule has 0 aromatic heterocycles. The van der Waals surface area contributed by atoms with E-state index in [0.717, 1.165) is 5.56 Å². The van der Waals surface area contributed by atoms with Crippen molar-refractivity contribution in [1.82, 2.24) is 0 Å². The Kier molecular flexibility index (Phi) is 5.03. The smallest absolute Gasteiger partial charge is 0.141 e. The summed E-state index contributed by atoms with van der Waals surface area (Å²) in [6.45, 7) is 0. The number of carbonyl (C=O) groups is 1. The molecule has 0 atom stereocenters. The zero-order valence-corrected chi connectivity index (χ0v) is 12.6. The quantitative estimate of drug-likeness (QED) is 0.758. The molecule has 0 aliphatic carbocycles. The Balaban J connectivity index is 2.07. The number of Topliss-reactive ketones (excluding diaryl/α,β-unsaturated/α-hetero) is 1. The van der Waals surface area contributed by atoms with Crippen LogP contribution in [0.5, 0.6) is 0 Å². The summed E-state index contributed by atoms with van der Waals surface area (Å²) >= 11 is 17.3. The highest BCUT2D eigenvalue weighted by atomic mass is 35.5. The van der Waals surface area contributed by atoms with Crippen LogP contribution in [-0.2, 0) is 17.6 Å². The van der Waals surface area contributed by atoms with Gasteiger partial charge in [0.05, 0.1) is 10.0 Å². The Morgan fingerprint density at radius 1 is 0.950 bits per heavy atom. The Bertz CT molecular complexity index is 656.